The molecule has 1 rings (SSSR count). The molecule has 4 nitrogen and oxygen atoms in total. The van der Waals surface area contributed by atoms with Crippen LogP contribution in [0.3, 0.4) is 0 Å². The fourth-order valence-electron chi connectivity index (χ4n) is 1.72. The molecule has 0 aliphatic rings. The first-order chi connectivity index (χ1) is 10.3. The molecule has 122 valence electrons. The maximum atomic E-state index is 13.3. The van der Waals surface area contributed by atoms with Gasteiger partial charge in [0.2, 0.25) is 0 Å². The third kappa shape index (κ3) is 7.11. The number of alkyl carbamates (subject to hydrolysis) is 1. The van der Waals surface area contributed by atoms with Gasteiger partial charge in [-0.15, -0.1) is 0 Å². The fraction of sp³-hybridized carbons (Fsp3) is 0.471. The summed E-state index contributed by atoms with van der Waals surface area (Å²) in [6.45, 7) is 8.28. The van der Waals surface area contributed by atoms with Crippen LogP contribution < -0.4 is 10.1 Å². The smallest absolute Gasteiger partial charge is 0.407 e. The Labute approximate surface area is 131 Å². The Morgan fingerprint density at radius 3 is 2.73 bits per heavy atom. The topological polar surface area (TPSA) is 47.6 Å². The summed E-state index contributed by atoms with van der Waals surface area (Å²) in [5, 5.41) is 2.66. The van der Waals surface area contributed by atoms with Crippen LogP contribution >= 0.6 is 0 Å². The highest BCUT2D eigenvalue weighted by molar-refractivity contribution is 5.67. The van der Waals surface area contributed by atoms with E-state index in [-0.39, 0.29) is 5.82 Å². The number of benzene rings is 1. The average Bonchev–Trinajstić information content (AvgIpc) is 2.39. The SMILES string of the molecule is CCOc1ccc(F)cc1C=CCCNC(=O)OC(C)(C)C. The summed E-state index contributed by atoms with van der Waals surface area (Å²) in [5.74, 6) is 0.329. The van der Waals surface area contributed by atoms with Crippen LogP contribution in [-0.4, -0.2) is 24.8 Å². The van der Waals surface area contributed by atoms with Gasteiger partial charge in [-0.05, 0) is 52.3 Å². The van der Waals surface area contributed by atoms with Crippen molar-refractivity contribution in [2.24, 2.45) is 0 Å². The zero-order chi connectivity index (χ0) is 16.6. The van der Waals surface area contributed by atoms with E-state index < -0.39 is 11.7 Å². The fourth-order valence-corrected chi connectivity index (χ4v) is 1.72. The first-order valence-corrected chi connectivity index (χ1v) is 7.37. The number of halogens is 1. The van der Waals surface area contributed by atoms with E-state index in [1.165, 1.54) is 12.1 Å². The predicted octanol–water partition coefficient (Wildman–Crippen LogP) is 4.15. The lowest BCUT2D eigenvalue weighted by Gasteiger charge is -2.19. The van der Waals surface area contributed by atoms with Gasteiger partial charge in [-0.1, -0.05) is 12.2 Å². The molecule has 0 spiro atoms. The van der Waals surface area contributed by atoms with Crippen LogP contribution in [0.2, 0.25) is 0 Å². The molecule has 0 atom stereocenters. The van der Waals surface area contributed by atoms with Gasteiger partial charge in [-0.3, -0.25) is 0 Å². The molecule has 0 saturated heterocycles. The van der Waals surface area contributed by atoms with Gasteiger partial charge in [0, 0.05) is 12.1 Å². The van der Waals surface area contributed by atoms with Gasteiger partial charge in [-0.25, -0.2) is 9.18 Å². The van der Waals surface area contributed by atoms with Gasteiger partial charge in [0.1, 0.15) is 17.2 Å². The van der Waals surface area contributed by atoms with Crippen LogP contribution in [-0.2, 0) is 4.74 Å². The summed E-state index contributed by atoms with van der Waals surface area (Å²) in [4.78, 5) is 11.4. The molecule has 1 N–H and O–H groups in total. The molecule has 0 saturated carbocycles. The number of carbonyl (C=O) groups excluding carboxylic acids is 1. The Morgan fingerprint density at radius 1 is 1.36 bits per heavy atom. The molecule has 0 unspecified atom stereocenters. The van der Waals surface area contributed by atoms with Crippen LogP contribution in [0.4, 0.5) is 9.18 Å². The average molecular weight is 309 g/mol. The van der Waals surface area contributed by atoms with Crippen molar-refractivity contribution >= 4 is 12.2 Å². The Kier molecular flexibility index (Phi) is 6.89. The number of nitrogens with one attached hydrogen (secondary N) is 1. The highest BCUT2D eigenvalue weighted by atomic mass is 19.1. The second-order valence-corrected chi connectivity index (χ2v) is 5.73. The van der Waals surface area contributed by atoms with Gasteiger partial charge in [0.25, 0.3) is 0 Å². The molecule has 0 radical (unpaired) electrons. The van der Waals surface area contributed by atoms with E-state index in [1.807, 2.05) is 33.8 Å². The van der Waals surface area contributed by atoms with E-state index in [2.05, 4.69) is 5.32 Å². The van der Waals surface area contributed by atoms with Crippen LogP contribution in [0.25, 0.3) is 6.08 Å². The van der Waals surface area contributed by atoms with Crippen molar-refractivity contribution in [1.29, 1.82) is 0 Å². The van der Waals surface area contributed by atoms with Crippen molar-refractivity contribution in [3.8, 4) is 5.75 Å². The molecular formula is C17H24FNO3. The van der Waals surface area contributed by atoms with E-state index in [4.69, 9.17) is 9.47 Å². The highest BCUT2D eigenvalue weighted by Crippen LogP contribution is 2.21. The van der Waals surface area contributed by atoms with E-state index in [0.29, 0.717) is 30.9 Å². The number of ether oxygens (including phenoxy) is 2. The van der Waals surface area contributed by atoms with E-state index in [1.54, 1.807) is 12.1 Å². The van der Waals surface area contributed by atoms with Gasteiger partial charge in [0.05, 0.1) is 6.61 Å². The number of rotatable bonds is 6. The third-order valence-corrected chi connectivity index (χ3v) is 2.55. The molecule has 1 aromatic carbocycles. The molecule has 0 aliphatic carbocycles. The Hall–Kier alpha value is -2.04. The molecule has 0 aromatic heterocycles. The second kappa shape index (κ2) is 8.41. The first kappa shape index (κ1) is 18.0. The first-order valence-electron chi connectivity index (χ1n) is 7.37. The minimum atomic E-state index is -0.506. The molecular weight excluding hydrogens is 285 g/mol. The van der Waals surface area contributed by atoms with E-state index in [9.17, 15) is 9.18 Å². The zero-order valence-electron chi connectivity index (χ0n) is 13.6. The molecule has 0 aliphatic heterocycles. The molecule has 22 heavy (non-hydrogen) atoms. The minimum Gasteiger partial charge on any atom is -0.493 e. The van der Waals surface area contributed by atoms with Crippen LogP contribution in [0.15, 0.2) is 24.3 Å². The standard InChI is InChI=1S/C17H24FNO3/c1-5-21-15-10-9-14(18)12-13(15)8-6-7-11-19-16(20)22-17(2,3)4/h6,8-10,12H,5,7,11H2,1-4H3,(H,19,20). The summed E-state index contributed by atoms with van der Waals surface area (Å²) in [6.07, 6.45) is 3.81. The normalized spacial score (nSPS) is 11.5. The van der Waals surface area contributed by atoms with Crippen molar-refractivity contribution in [2.75, 3.05) is 13.2 Å². The number of amides is 1. The molecule has 5 heteroatoms. The van der Waals surface area contributed by atoms with Crippen molar-refractivity contribution < 1.29 is 18.7 Å². The summed E-state index contributed by atoms with van der Waals surface area (Å²) >= 11 is 0. The lowest BCUT2D eigenvalue weighted by molar-refractivity contribution is 0.0529. The Bertz CT molecular complexity index is 521. The third-order valence-electron chi connectivity index (χ3n) is 2.55. The summed E-state index contributed by atoms with van der Waals surface area (Å²) < 4.78 is 23.8. The zero-order valence-corrected chi connectivity index (χ0v) is 13.6. The maximum absolute atomic E-state index is 13.3. The van der Waals surface area contributed by atoms with Crippen LogP contribution in [0.1, 0.15) is 39.7 Å². The predicted molar refractivity (Wildman–Crippen MR) is 85.5 cm³/mol. The molecule has 1 aromatic rings. The lowest BCUT2D eigenvalue weighted by Crippen LogP contribution is -2.32. The van der Waals surface area contributed by atoms with Crippen molar-refractivity contribution in [3.05, 3.63) is 35.7 Å². The van der Waals surface area contributed by atoms with Gasteiger partial charge in [-0.2, -0.15) is 0 Å². The van der Waals surface area contributed by atoms with Crippen molar-refractivity contribution in [1.82, 2.24) is 5.32 Å². The lowest BCUT2D eigenvalue weighted by atomic mass is 10.1. The number of hydrogen-bond donors (Lipinski definition) is 1. The minimum absolute atomic E-state index is 0.310. The summed E-state index contributed by atoms with van der Waals surface area (Å²) in [6, 6.07) is 4.40. The van der Waals surface area contributed by atoms with Crippen molar-refractivity contribution in [3.63, 3.8) is 0 Å². The maximum Gasteiger partial charge on any atom is 0.407 e. The second-order valence-electron chi connectivity index (χ2n) is 5.73. The monoisotopic (exact) mass is 309 g/mol. The largest absolute Gasteiger partial charge is 0.493 e. The van der Waals surface area contributed by atoms with Crippen LogP contribution in [0, 0.1) is 5.82 Å². The molecule has 0 heterocycles. The molecule has 0 bridgehead atoms. The number of carbonyl (C=O) groups is 1. The summed E-state index contributed by atoms with van der Waals surface area (Å²) in [5.41, 5.74) is 0.174. The van der Waals surface area contributed by atoms with Gasteiger partial charge in [0.15, 0.2) is 0 Å². The van der Waals surface area contributed by atoms with E-state index >= 15 is 0 Å². The summed E-state index contributed by atoms with van der Waals surface area (Å²) in [7, 11) is 0. The van der Waals surface area contributed by atoms with E-state index in [0.717, 1.165) is 0 Å². The molecule has 0 fully saturated rings. The highest BCUT2D eigenvalue weighted by Gasteiger charge is 2.15. The van der Waals surface area contributed by atoms with Crippen LogP contribution in [0.5, 0.6) is 5.75 Å². The van der Waals surface area contributed by atoms with Crippen molar-refractivity contribution in [2.45, 2.75) is 39.7 Å². The quantitative estimate of drug-likeness (QED) is 0.803. The number of hydrogen-bond acceptors (Lipinski definition) is 3. The van der Waals surface area contributed by atoms with Gasteiger partial charge >= 0.3 is 6.09 Å². The molecule has 1 amide bonds. The Morgan fingerprint density at radius 2 is 2.09 bits per heavy atom. The Balaban J connectivity index is 2.46. The van der Waals surface area contributed by atoms with Gasteiger partial charge < -0.3 is 14.8 Å².